The average Bonchev–Trinajstić information content (AvgIpc) is 2.39. The van der Waals surface area contributed by atoms with Crippen LogP contribution in [0.3, 0.4) is 0 Å². The maximum Gasteiger partial charge on any atom is 0.155 e. The second-order valence-electron chi connectivity index (χ2n) is 6.03. The number of aliphatic hydroxyl groups is 1. The van der Waals surface area contributed by atoms with Gasteiger partial charge in [-0.15, -0.1) is 36.4 Å². The topological polar surface area (TPSA) is 37.3 Å². The highest BCUT2D eigenvalue weighted by Crippen LogP contribution is 2.17. The number of rotatable bonds is 12. The SMILES string of the molecule is C=C(C)CC(Cl)CCC(=O)/C=C/C(O)CCC(Cl)CC(=C)C. The molecule has 126 valence electrons. The minimum Gasteiger partial charge on any atom is -0.389 e. The Bertz CT molecular complexity index is 402. The lowest BCUT2D eigenvalue weighted by Gasteiger charge is -2.11. The van der Waals surface area contributed by atoms with Gasteiger partial charge in [0.1, 0.15) is 0 Å². The zero-order valence-electron chi connectivity index (χ0n) is 13.7. The third-order valence-corrected chi connectivity index (χ3v) is 3.87. The molecule has 1 N–H and O–H groups in total. The van der Waals surface area contributed by atoms with Crippen molar-refractivity contribution in [1.82, 2.24) is 0 Å². The summed E-state index contributed by atoms with van der Waals surface area (Å²) in [5.41, 5.74) is 2.05. The summed E-state index contributed by atoms with van der Waals surface area (Å²) in [6.07, 6.45) is 6.05. The monoisotopic (exact) mass is 346 g/mol. The van der Waals surface area contributed by atoms with Crippen LogP contribution in [-0.2, 0) is 4.79 Å². The summed E-state index contributed by atoms with van der Waals surface area (Å²) >= 11 is 12.2. The van der Waals surface area contributed by atoms with Crippen LogP contribution in [0.4, 0.5) is 0 Å². The van der Waals surface area contributed by atoms with Crippen LogP contribution in [-0.4, -0.2) is 27.7 Å². The van der Waals surface area contributed by atoms with Crippen LogP contribution < -0.4 is 0 Å². The maximum atomic E-state index is 11.7. The number of halogens is 2. The lowest BCUT2D eigenvalue weighted by molar-refractivity contribution is -0.114. The predicted molar refractivity (Wildman–Crippen MR) is 96.8 cm³/mol. The van der Waals surface area contributed by atoms with Crippen molar-refractivity contribution in [3.05, 3.63) is 36.5 Å². The van der Waals surface area contributed by atoms with Crippen molar-refractivity contribution in [2.24, 2.45) is 0 Å². The van der Waals surface area contributed by atoms with E-state index in [1.165, 1.54) is 12.2 Å². The van der Waals surface area contributed by atoms with Crippen molar-refractivity contribution in [3.8, 4) is 0 Å². The summed E-state index contributed by atoms with van der Waals surface area (Å²) in [5.74, 6) is -0.0178. The Morgan fingerprint density at radius 3 is 2.05 bits per heavy atom. The zero-order chi connectivity index (χ0) is 17.1. The largest absolute Gasteiger partial charge is 0.389 e. The molecule has 0 rings (SSSR count). The molecule has 0 radical (unpaired) electrons. The van der Waals surface area contributed by atoms with Crippen molar-refractivity contribution in [1.29, 1.82) is 0 Å². The van der Waals surface area contributed by atoms with Gasteiger partial charge in [0.15, 0.2) is 5.78 Å². The van der Waals surface area contributed by atoms with E-state index in [4.69, 9.17) is 23.2 Å². The fourth-order valence-corrected chi connectivity index (χ4v) is 2.77. The van der Waals surface area contributed by atoms with E-state index < -0.39 is 6.10 Å². The molecule has 2 nitrogen and oxygen atoms in total. The Hall–Kier alpha value is -0.570. The molecule has 0 aliphatic heterocycles. The second kappa shape index (κ2) is 11.9. The summed E-state index contributed by atoms with van der Waals surface area (Å²) in [6.45, 7) is 11.5. The number of alkyl halides is 2. The lowest BCUT2D eigenvalue weighted by Crippen LogP contribution is -2.09. The van der Waals surface area contributed by atoms with E-state index in [1.54, 1.807) is 0 Å². The number of ketones is 1. The predicted octanol–water partition coefficient (Wildman–Crippen LogP) is 5.18. The van der Waals surface area contributed by atoms with Gasteiger partial charge in [0.25, 0.3) is 0 Å². The second-order valence-corrected chi connectivity index (χ2v) is 7.26. The number of hydrogen-bond donors (Lipinski definition) is 1. The fraction of sp³-hybridized carbons (Fsp3) is 0.611. The summed E-state index contributed by atoms with van der Waals surface area (Å²) in [7, 11) is 0. The fourth-order valence-electron chi connectivity index (χ4n) is 2.01. The molecule has 0 aliphatic rings. The van der Waals surface area contributed by atoms with Crippen molar-refractivity contribution in [2.45, 2.75) is 69.2 Å². The van der Waals surface area contributed by atoms with Gasteiger partial charge >= 0.3 is 0 Å². The van der Waals surface area contributed by atoms with E-state index in [1.807, 2.05) is 13.8 Å². The van der Waals surface area contributed by atoms with Gasteiger partial charge < -0.3 is 5.11 Å². The van der Waals surface area contributed by atoms with Gasteiger partial charge in [0.05, 0.1) is 6.10 Å². The Morgan fingerprint density at radius 1 is 1.05 bits per heavy atom. The van der Waals surface area contributed by atoms with Crippen LogP contribution in [0, 0.1) is 0 Å². The Morgan fingerprint density at radius 2 is 1.55 bits per heavy atom. The van der Waals surface area contributed by atoms with Crippen molar-refractivity contribution >= 4 is 29.0 Å². The molecular formula is C18H28Cl2O2. The summed E-state index contributed by atoms with van der Waals surface area (Å²) in [5, 5.41) is 9.74. The van der Waals surface area contributed by atoms with E-state index in [9.17, 15) is 9.90 Å². The number of carbonyl (C=O) groups excluding carboxylic acids is 1. The van der Waals surface area contributed by atoms with Crippen LogP contribution in [0.2, 0.25) is 0 Å². The molecule has 0 spiro atoms. The van der Waals surface area contributed by atoms with Crippen molar-refractivity contribution in [3.63, 3.8) is 0 Å². The molecule has 0 saturated heterocycles. The molecule has 0 aromatic carbocycles. The van der Waals surface area contributed by atoms with E-state index >= 15 is 0 Å². The quantitative estimate of drug-likeness (QED) is 0.300. The minimum absolute atomic E-state index is 0.0178. The third kappa shape index (κ3) is 13.1. The number of hydrogen-bond acceptors (Lipinski definition) is 2. The summed E-state index contributed by atoms with van der Waals surface area (Å²) in [6, 6.07) is 0. The molecule has 0 aliphatic carbocycles. The van der Waals surface area contributed by atoms with Gasteiger partial charge in [-0.3, -0.25) is 4.79 Å². The molecule has 3 unspecified atom stereocenters. The molecule has 0 aromatic heterocycles. The standard InChI is InChI=1S/C18H28Cl2O2/c1-13(2)11-15(19)5-7-17(21)9-10-18(22)8-6-16(20)12-14(3)4/h9-10,15-17,21H,1,3,5-8,11-12H2,2,4H3/b10-9+. The van der Waals surface area contributed by atoms with E-state index in [-0.39, 0.29) is 16.5 Å². The molecule has 0 saturated carbocycles. The van der Waals surface area contributed by atoms with Gasteiger partial charge in [-0.1, -0.05) is 17.2 Å². The smallest absolute Gasteiger partial charge is 0.155 e. The van der Waals surface area contributed by atoms with Crippen LogP contribution in [0.1, 0.15) is 52.4 Å². The first-order valence-electron chi connectivity index (χ1n) is 7.66. The van der Waals surface area contributed by atoms with Crippen LogP contribution in [0.5, 0.6) is 0 Å². The van der Waals surface area contributed by atoms with Gasteiger partial charge in [0, 0.05) is 17.2 Å². The Balaban J connectivity index is 3.95. The maximum absolute atomic E-state index is 11.7. The van der Waals surface area contributed by atoms with Gasteiger partial charge in [-0.05, 0) is 52.0 Å². The summed E-state index contributed by atoms with van der Waals surface area (Å²) < 4.78 is 0. The Kier molecular flexibility index (Phi) is 11.6. The van der Waals surface area contributed by atoms with E-state index in [0.29, 0.717) is 25.7 Å². The normalized spacial score (nSPS) is 15.5. The molecule has 4 heteroatoms. The van der Waals surface area contributed by atoms with Gasteiger partial charge in [-0.25, -0.2) is 0 Å². The molecule has 0 fully saturated rings. The highest BCUT2D eigenvalue weighted by molar-refractivity contribution is 6.21. The number of allylic oxidation sites excluding steroid dienone is 3. The highest BCUT2D eigenvalue weighted by atomic mass is 35.5. The third-order valence-electron chi connectivity index (χ3n) is 3.12. The van der Waals surface area contributed by atoms with Crippen molar-refractivity contribution in [2.75, 3.05) is 0 Å². The summed E-state index contributed by atoms with van der Waals surface area (Å²) in [4.78, 5) is 11.7. The van der Waals surface area contributed by atoms with Crippen LogP contribution >= 0.6 is 23.2 Å². The van der Waals surface area contributed by atoms with E-state index in [2.05, 4.69) is 13.2 Å². The molecule has 0 amide bonds. The minimum atomic E-state index is -0.641. The van der Waals surface area contributed by atoms with Crippen LogP contribution in [0.15, 0.2) is 36.5 Å². The molecule has 22 heavy (non-hydrogen) atoms. The first-order valence-corrected chi connectivity index (χ1v) is 8.54. The lowest BCUT2D eigenvalue weighted by atomic mass is 10.0. The van der Waals surface area contributed by atoms with E-state index in [0.717, 1.165) is 24.0 Å². The number of aliphatic hydroxyl groups excluding tert-OH is 1. The van der Waals surface area contributed by atoms with Gasteiger partial charge in [-0.2, -0.15) is 0 Å². The molecule has 3 atom stereocenters. The van der Waals surface area contributed by atoms with Gasteiger partial charge in [0.2, 0.25) is 0 Å². The Labute approximate surface area is 144 Å². The number of carbonyl (C=O) groups is 1. The molecule has 0 aromatic rings. The molecule has 0 heterocycles. The van der Waals surface area contributed by atoms with Crippen LogP contribution in [0.25, 0.3) is 0 Å². The molecule has 0 bridgehead atoms. The van der Waals surface area contributed by atoms with Crippen molar-refractivity contribution < 1.29 is 9.90 Å². The first kappa shape index (κ1) is 21.4. The zero-order valence-corrected chi connectivity index (χ0v) is 15.2. The molecular weight excluding hydrogens is 319 g/mol. The highest BCUT2D eigenvalue weighted by Gasteiger charge is 2.09. The average molecular weight is 347 g/mol. The first-order chi connectivity index (χ1) is 10.2.